The number of amides is 1. The Morgan fingerprint density at radius 2 is 1.78 bits per heavy atom. The maximum absolute atomic E-state index is 12.9. The van der Waals surface area contributed by atoms with Crippen molar-refractivity contribution in [1.29, 1.82) is 0 Å². The Bertz CT molecular complexity index is 723. The smallest absolute Gasteiger partial charge is 0.360 e. The summed E-state index contributed by atoms with van der Waals surface area (Å²) in [7, 11) is 0. The third-order valence-electron chi connectivity index (χ3n) is 2.79. The summed E-state index contributed by atoms with van der Waals surface area (Å²) in [6, 6.07) is 6.32. The Kier molecular flexibility index (Phi) is 4.44. The summed E-state index contributed by atoms with van der Waals surface area (Å²) >= 11 is 0. The van der Waals surface area contributed by atoms with E-state index < -0.39 is 17.5 Å². The third kappa shape index (κ3) is 4.54. The van der Waals surface area contributed by atoms with Gasteiger partial charge in [0.25, 0.3) is 0 Å². The topological polar surface area (TPSA) is 66.9 Å². The first-order valence-electron chi connectivity index (χ1n) is 6.95. The zero-order valence-corrected chi connectivity index (χ0v) is 13.0. The van der Waals surface area contributed by atoms with Gasteiger partial charge in [-0.25, -0.2) is 9.97 Å². The first kappa shape index (κ1) is 17.0. The highest BCUT2D eigenvalue weighted by molar-refractivity contribution is 5.91. The Hall–Kier alpha value is -2.38. The van der Waals surface area contributed by atoms with Crippen molar-refractivity contribution in [1.82, 2.24) is 15.3 Å². The van der Waals surface area contributed by atoms with Crippen molar-refractivity contribution in [3.05, 3.63) is 30.1 Å². The van der Waals surface area contributed by atoms with Crippen LogP contribution < -0.4 is 10.6 Å². The molecule has 2 rings (SSSR count). The molecule has 1 aromatic heterocycles. The average molecular weight is 326 g/mol. The molecule has 0 fully saturated rings. The molecule has 0 unspecified atom stereocenters. The van der Waals surface area contributed by atoms with Crippen LogP contribution in [-0.4, -0.2) is 28.0 Å². The van der Waals surface area contributed by atoms with Crippen LogP contribution in [0.5, 0.6) is 0 Å². The summed E-state index contributed by atoms with van der Waals surface area (Å²) in [5.74, 6) is -1.60. The number of anilines is 1. The monoisotopic (exact) mass is 326 g/mol. The molecule has 0 atom stereocenters. The van der Waals surface area contributed by atoms with Gasteiger partial charge in [0.2, 0.25) is 11.7 Å². The van der Waals surface area contributed by atoms with Gasteiger partial charge in [-0.1, -0.05) is 12.1 Å². The number of nitrogens with zero attached hydrogens (tertiary/aromatic N) is 2. The Morgan fingerprint density at radius 1 is 1.13 bits per heavy atom. The van der Waals surface area contributed by atoms with Gasteiger partial charge in [-0.15, -0.1) is 0 Å². The van der Waals surface area contributed by atoms with Crippen LogP contribution in [0.25, 0.3) is 10.9 Å². The molecule has 0 radical (unpaired) electrons. The van der Waals surface area contributed by atoms with Gasteiger partial charge in [0.1, 0.15) is 5.82 Å². The minimum atomic E-state index is -4.66. The zero-order valence-electron chi connectivity index (χ0n) is 13.0. The first-order valence-corrected chi connectivity index (χ1v) is 6.95. The minimum Gasteiger partial charge on any atom is -0.360 e. The van der Waals surface area contributed by atoms with Crippen molar-refractivity contribution in [2.75, 3.05) is 11.9 Å². The van der Waals surface area contributed by atoms with Crippen molar-refractivity contribution in [2.24, 2.45) is 0 Å². The third-order valence-corrected chi connectivity index (χ3v) is 2.79. The molecule has 2 aromatic rings. The molecule has 0 aliphatic rings. The summed E-state index contributed by atoms with van der Waals surface area (Å²) in [5, 5.41) is 5.80. The molecular formula is C15H17F3N4O. The molecule has 5 nitrogen and oxygen atoms in total. The summed E-state index contributed by atoms with van der Waals surface area (Å²) in [4.78, 5) is 18.8. The highest BCUT2D eigenvalue weighted by Gasteiger charge is 2.35. The molecule has 0 aliphatic heterocycles. The number of carbonyl (C=O) groups is 1. The number of hydrogen-bond acceptors (Lipinski definition) is 4. The molecule has 8 heteroatoms. The zero-order chi connectivity index (χ0) is 17.3. The molecule has 0 saturated carbocycles. The van der Waals surface area contributed by atoms with Crippen molar-refractivity contribution in [2.45, 2.75) is 32.5 Å². The Morgan fingerprint density at radius 3 is 2.39 bits per heavy atom. The average Bonchev–Trinajstić information content (AvgIpc) is 2.41. The van der Waals surface area contributed by atoms with Gasteiger partial charge in [-0.2, -0.15) is 13.2 Å². The lowest BCUT2D eigenvalue weighted by Crippen LogP contribution is -2.43. The van der Waals surface area contributed by atoms with E-state index in [0.717, 1.165) is 0 Å². The van der Waals surface area contributed by atoms with Gasteiger partial charge in [0.05, 0.1) is 12.1 Å². The molecule has 0 aliphatic carbocycles. The molecule has 1 heterocycles. The highest BCUT2D eigenvalue weighted by atomic mass is 19.4. The number of nitrogens with one attached hydrogen (secondary N) is 2. The quantitative estimate of drug-likeness (QED) is 0.910. The Labute approximate surface area is 131 Å². The molecular weight excluding hydrogens is 309 g/mol. The van der Waals surface area contributed by atoms with Crippen LogP contribution in [0.1, 0.15) is 26.6 Å². The fourth-order valence-electron chi connectivity index (χ4n) is 1.96. The lowest BCUT2D eigenvalue weighted by Gasteiger charge is -2.21. The number of aromatic nitrogens is 2. The number of carbonyl (C=O) groups excluding carboxylic acids is 1. The van der Waals surface area contributed by atoms with Crippen LogP contribution in [0.4, 0.5) is 19.0 Å². The van der Waals surface area contributed by atoms with E-state index in [1.54, 1.807) is 18.2 Å². The van der Waals surface area contributed by atoms with Gasteiger partial charge in [-0.3, -0.25) is 4.79 Å². The van der Waals surface area contributed by atoms with Gasteiger partial charge in [0, 0.05) is 10.9 Å². The number of hydrogen-bond donors (Lipinski definition) is 2. The standard InChI is InChI=1S/C15H17F3N4O/c1-14(2,3)22-11(23)8-19-12-9-6-4-5-7-10(9)20-13(21-12)15(16,17)18/h4-7H,8H2,1-3H3,(H,22,23)(H,19,20,21). The largest absolute Gasteiger partial charge is 0.451 e. The van der Waals surface area contributed by atoms with Crippen molar-refractivity contribution in [3.8, 4) is 0 Å². The Balaban J connectivity index is 2.30. The van der Waals surface area contributed by atoms with E-state index in [4.69, 9.17) is 0 Å². The number of benzene rings is 1. The second-order valence-corrected chi connectivity index (χ2v) is 6.06. The molecule has 0 spiro atoms. The number of alkyl halides is 3. The lowest BCUT2D eigenvalue weighted by molar-refractivity contribution is -0.144. The number of fused-ring (bicyclic) bond motifs is 1. The van der Waals surface area contributed by atoms with E-state index in [1.165, 1.54) is 6.07 Å². The normalized spacial score (nSPS) is 12.3. The summed E-state index contributed by atoms with van der Waals surface area (Å²) in [5.41, 5.74) is -0.266. The second-order valence-electron chi connectivity index (χ2n) is 6.06. The van der Waals surface area contributed by atoms with Crippen molar-refractivity contribution in [3.63, 3.8) is 0 Å². The fourth-order valence-corrected chi connectivity index (χ4v) is 1.96. The van der Waals surface area contributed by atoms with E-state index in [0.29, 0.717) is 5.39 Å². The summed E-state index contributed by atoms with van der Waals surface area (Å²) in [6.45, 7) is 5.25. The number of halogens is 3. The van der Waals surface area contributed by atoms with Crippen molar-refractivity contribution >= 4 is 22.6 Å². The maximum atomic E-state index is 12.9. The predicted molar refractivity (Wildman–Crippen MR) is 80.9 cm³/mol. The van der Waals surface area contributed by atoms with Crippen LogP contribution in [-0.2, 0) is 11.0 Å². The lowest BCUT2D eigenvalue weighted by atomic mass is 10.1. The maximum Gasteiger partial charge on any atom is 0.451 e. The minimum absolute atomic E-state index is 0.0213. The van der Waals surface area contributed by atoms with Crippen LogP contribution in [0.3, 0.4) is 0 Å². The van der Waals surface area contributed by atoms with Crippen molar-refractivity contribution < 1.29 is 18.0 Å². The summed E-state index contributed by atoms with van der Waals surface area (Å²) < 4.78 is 38.7. The molecule has 124 valence electrons. The molecule has 1 aromatic carbocycles. The molecule has 0 bridgehead atoms. The highest BCUT2D eigenvalue weighted by Crippen LogP contribution is 2.30. The summed E-state index contributed by atoms with van der Waals surface area (Å²) in [6.07, 6.45) is -4.66. The van der Waals surface area contributed by atoms with E-state index in [9.17, 15) is 18.0 Å². The van der Waals surface area contributed by atoms with E-state index in [2.05, 4.69) is 20.6 Å². The van der Waals surface area contributed by atoms with Gasteiger partial charge < -0.3 is 10.6 Å². The number of para-hydroxylation sites is 1. The van der Waals surface area contributed by atoms with Gasteiger partial charge in [-0.05, 0) is 32.9 Å². The first-order chi connectivity index (χ1) is 10.6. The van der Waals surface area contributed by atoms with E-state index in [-0.39, 0.29) is 23.8 Å². The van der Waals surface area contributed by atoms with Gasteiger partial charge in [0.15, 0.2) is 0 Å². The van der Waals surface area contributed by atoms with Crippen LogP contribution >= 0.6 is 0 Å². The van der Waals surface area contributed by atoms with Gasteiger partial charge >= 0.3 is 6.18 Å². The second kappa shape index (κ2) is 6.02. The van der Waals surface area contributed by atoms with E-state index in [1.807, 2.05) is 20.8 Å². The molecule has 2 N–H and O–H groups in total. The number of rotatable bonds is 3. The SMILES string of the molecule is CC(C)(C)NC(=O)CNc1nc(C(F)(F)F)nc2ccccc12. The van der Waals surface area contributed by atoms with Crippen LogP contribution in [0, 0.1) is 0 Å². The molecule has 0 saturated heterocycles. The molecule has 23 heavy (non-hydrogen) atoms. The van der Waals surface area contributed by atoms with E-state index >= 15 is 0 Å². The fraction of sp³-hybridized carbons (Fsp3) is 0.400. The molecule has 1 amide bonds. The predicted octanol–water partition coefficient (Wildman–Crippen LogP) is 2.98. The van der Waals surface area contributed by atoms with Crippen LogP contribution in [0.2, 0.25) is 0 Å². The van der Waals surface area contributed by atoms with Crippen LogP contribution in [0.15, 0.2) is 24.3 Å².